The Hall–Kier alpha value is -3.93. The molecule has 3 aromatic carbocycles. The Balaban J connectivity index is 1.71. The zero-order chi connectivity index (χ0) is 22.2. The molecule has 1 unspecified atom stereocenters. The first-order chi connectivity index (χ1) is 15.6. The van der Waals surface area contributed by atoms with Crippen LogP contribution in [-0.4, -0.2) is 29.8 Å². The summed E-state index contributed by atoms with van der Waals surface area (Å²) in [4.78, 5) is 12.8. The van der Waals surface area contributed by atoms with Crippen LogP contribution < -0.4 is 14.8 Å². The number of hydrogen-bond acceptors (Lipinski definition) is 4. The van der Waals surface area contributed by atoms with Gasteiger partial charge in [0.25, 0.3) is 0 Å². The Kier molecular flexibility index (Phi) is 4.98. The number of carbonyl (C=O) groups excluding carboxylic acids is 1. The van der Waals surface area contributed by atoms with Crippen LogP contribution in [0.1, 0.15) is 29.0 Å². The molecule has 1 aromatic heterocycles. The maximum Gasteiger partial charge on any atom is 0.225 e. The Morgan fingerprint density at radius 2 is 1.75 bits per heavy atom. The molecule has 6 heteroatoms. The average molecular weight is 428 g/mol. The van der Waals surface area contributed by atoms with E-state index < -0.39 is 0 Å². The van der Waals surface area contributed by atoms with Gasteiger partial charge in [-0.2, -0.15) is 0 Å². The molecule has 5 rings (SSSR count). The first-order valence-corrected chi connectivity index (χ1v) is 10.5. The van der Waals surface area contributed by atoms with Crippen molar-refractivity contribution in [2.45, 2.75) is 18.9 Å². The van der Waals surface area contributed by atoms with Crippen molar-refractivity contribution in [2.24, 2.45) is 0 Å². The molecule has 162 valence electrons. The summed E-state index contributed by atoms with van der Waals surface area (Å²) >= 11 is 0. The number of phenolic OH excluding ortho intramolecular Hbond substituents is 1. The number of benzene rings is 3. The number of nitrogens with zero attached hydrogens (tertiary/aromatic N) is 1. The van der Waals surface area contributed by atoms with Crippen molar-refractivity contribution in [1.29, 1.82) is 0 Å². The molecule has 0 aliphatic carbocycles. The summed E-state index contributed by atoms with van der Waals surface area (Å²) in [5, 5.41) is 14.5. The van der Waals surface area contributed by atoms with Crippen molar-refractivity contribution < 1.29 is 19.4 Å². The van der Waals surface area contributed by atoms with Crippen molar-refractivity contribution in [3.63, 3.8) is 0 Å². The van der Waals surface area contributed by atoms with E-state index in [9.17, 15) is 9.90 Å². The third-order valence-corrected chi connectivity index (χ3v) is 6.07. The number of hydrogen-bond donors (Lipinski definition) is 2. The van der Waals surface area contributed by atoms with E-state index in [1.165, 1.54) is 19.8 Å². The van der Waals surface area contributed by atoms with Gasteiger partial charge in [0.05, 0.1) is 25.4 Å². The fourth-order valence-corrected chi connectivity index (χ4v) is 4.57. The zero-order valence-corrected chi connectivity index (χ0v) is 18.0. The average Bonchev–Trinajstić information content (AvgIpc) is 3.10. The summed E-state index contributed by atoms with van der Waals surface area (Å²) in [7, 11) is 3.00. The van der Waals surface area contributed by atoms with Crippen LogP contribution in [0.5, 0.6) is 17.2 Å². The van der Waals surface area contributed by atoms with Gasteiger partial charge in [-0.1, -0.05) is 36.4 Å². The molecular weight excluding hydrogens is 404 g/mol. The fourth-order valence-electron chi connectivity index (χ4n) is 4.57. The van der Waals surface area contributed by atoms with Crippen molar-refractivity contribution >= 4 is 22.5 Å². The molecule has 1 aliphatic rings. The predicted octanol–water partition coefficient (Wildman–Crippen LogP) is 4.89. The molecule has 0 spiro atoms. The van der Waals surface area contributed by atoms with Crippen LogP contribution in [0.2, 0.25) is 0 Å². The van der Waals surface area contributed by atoms with Crippen molar-refractivity contribution in [3.05, 3.63) is 83.6 Å². The van der Waals surface area contributed by atoms with E-state index in [-0.39, 0.29) is 24.0 Å². The highest BCUT2D eigenvalue weighted by molar-refractivity contribution is 6.06. The summed E-state index contributed by atoms with van der Waals surface area (Å²) in [6, 6.07) is 19.9. The van der Waals surface area contributed by atoms with E-state index in [0.717, 1.165) is 34.3 Å². The smallest absolute Gasteiger partial charge is 0.225 e. The number of aromatic hydroxyl groups is 1. The zero-order valence-electron chi connectivity index (χ0n) is 18.0. The van der Waals surface area contributed by atoms with Crippen LogP contribution in [0.25, 0.3) is 10.9 Å². The van der Waals surface area contributed by atoms with Gasteiger partial charge in [0.1, 0.15) is 0 Å². The number of carbonyl (C=O) groups is 1. The first-order valence-electron chi connectivity index (χ1n) is 10.5. The van der Waals surface area contributed by atoms with Gasteiger partial charge in [-0.05, 0) is 41.0 Å². The summed E-state index contributed by atoms with van der Waals surface area (Å²) in [5.41, 5.74) is 4.98. The topological polar surface area (TPSA) is 72.7 Å². The van der Waals surface area contributed by atoms with Crippen LogP contribution in [0.3, 0.4) is 0 Å². The normalized spacial score (nSPS) is 15.3. The molecular formula is C26H24N2O4. The number of phenols is 1. The van der Waals surface area contributed by atoms with Gasteiger partial charge >= 0.3 is 0 Å². The number of methoxy groups -OCH3 is 2. The number of amides is 1. The largest absolute Gasteiger partial charge is 0.502 e. The first kappa shape index (κ1) is 20.0. The summed E-state index contributed by atoms with van der Waals surface area (Å²) in [6.07, 6.45) is 2.41. The molecule has 0 radical (unpaired) electrons. The highest BCUT2D eigenvalue weighted by atomic mass is 16.5. The minimum Gasteiger partial charge on any atom is -0.502 e. The van der Waals surface area contributed by atoms with E-state index in [1.807, 2.05) is 30.3 Å². The number of rotatable bonds is 5. The number of ether oxygens (including phenoxy) is 2. The summed E-state index contributed by atoms with van der Waals surface area (Å²) < 4.78 is 13.0. The second-order valence-electron chi connectivity index (χ2n) is 7.98. The molecule has 1 atom stereocenters. The quantitative estimate of drug-likeness (QED) is 0.475. The number of nitrogens with one attached hydrogen (secondary N) is 1. The Morgan fingerprint density at radius 1 is 1.03 bits per heavy atom. The molecule has 1 amide bonds. The highest BCUT2D eigenvalue weighted by Crippen LogP contribution is 2.45. The van der Waals surface area contributed by atoms with Gasteiger partial charge in [0.2, 0.25) is 11.7 Å². The van der Waals surface area contributed by atoms with Crippen LogP contribution in [0, 0.1) is 0 Å². The summed E-state index contributed by atoms with van der Waals surface area (Å²) in [5.74, 6) is 0.305. The predicted molar refractivity (Wildman–Crippen MR) is 124 cm³/mol. The van der Waals surface area contributed by atoms with Gasteiger partial charge in [-0.25, -0.2) is 0 Å². The minimum absolute atomic E-state index is 0.0518. The Morgan fingerprint density at radius 3 is 2.44 bits per heavy atom. The van der Waals surface area contributed by atoms with Gasteiger partial charge in [-0.3, -0.25) is 4.79 Å². The molecule has 0 saturated heterocycles. The lowest BCUT2D eigenvalue weighted by atomic mass is 9.88. The standard InChI is InChI=1S/C26H24N2O4/c1-31-22-11-17(12-23(32-2)26(22)30)18-13-24(29)27-20-9-6-10-21-25(20)19(18)15-28(21)14-16-7-4-3-5-8-16/h3-12,15,18,30H,13-14H2,1-2H3,(H,27,29). The third kappa shape index (κ3) is 3.34. The minimum atomic E-state index is -0.221. The van der Waals surface area contributed by atoms with Crippen molar-refractivity contribution in [2.75, 3.05) is 19.5 Å². The molecule has 2 N–H and O–H groups in total. The van der Waals surface area contributed by atoms with E-state index in [2.05, 4.69) is 34.3 Å². The van der Waals surface area contributed by atoms with Crippen molar-refractivity contribution in [1.82, 2.24) is 4.57 Å². The second kappa shape index (κ2) is 7.96. The van der Waals surface area contributed by atoms with E-state index in [1.54, 1.807) is 12.1 Å². The lowest BCUT2D eigenvalue weighted by molar-refractivity contribution is -0.116. The Labute approximate surface area is 186 Å². The van der Waals surface area contributed by atoms with Crippen LogP contribution in [0.4, 0.5) is 5.69 Å². The molecule has 0 bridgehead atoms. The monoisotopic (exact) mass is 428 g/mol. The fraction of sp³-hybridized carbons (Fsp3) is 0.192. The molecule has 6 nitrogen and oxygen atoms in total. The molecule has 1 aliphatic heterocycles. The van der Waals surface area contributed by atoms with E-state index in [4.69, 9.17) is 9.47 Å². The SMILES string of the molecule is COc1cc(C2CC(=O)Nc3cccc4c3c2cn4Cc2ccccc2)cc(OC)c1O. The van der Waals surface area contributed by atoms with Gasteiger partial charge in [-0.15, -0.1) is 0 Å². The number of aromatic nitrogens is 1. The number of anilines is 1. The summed E-state index contributed by atoms with van der Waals surface area (Å²) in [6.45, 7) is 0.726. The second-order valence-corrected chi connectivity index (χ2v) is 7.98. The molecule has 32 heavy (non-hydrogen) atoms. The van der Waals surface area contributed by atoms with Gasteiger partial charge in [0.15, 0.2) is 11.5 Å². The third-order valence-electron chi connectivity index (χ3n) is 6.07. The maximum absolute atomic E-state index is 12.8. The lowest BCUT2D eigenvalue weighted by Crippen LogP contribution is -2.14. The maximum atomic E-state index is 12.8. The molecule has 4 aromatic rings. The highest BCUT2D eigenvalue weighted by Gasteiger charge is 2.29. The van der Waals surface area contributed by atoms with E-state index >= 15 is 0 Å². The lowest BCUT2D eigenvalue weighted by Gasteiger charge is -2.18. The Bertz CT molecular complexity index is 1290. The van der Waals surface area contributed by atoms with Gasteiger partial charge in [0, 0.05) is 30.5 Å². The molecule has 0 saturated carbocycles. The van der Waals surface area contributed by atoms with E-state index in [0.29, 0.717) is 11.5 Å². The van der Waals surface area contributed by atoms with Gasteiger partial charge < -0.3 is 24.5 Å². The van der Waals surface area contributed by atoms with Crippen LogP contribution in [-0.2, 0) is 11.3 Å². The molecule has 2 heterocycles. The van der Waals surface area contributed by atoms with Crippen molar-refractivity contribution in [3.8, 4) is 17.2 Å². The van der Waals surface area contributed by atoms with Crippen LogP contribution in [0.15, 0.2) is 66.9 Å². The molecule has 0 fully saturated rings. The van der Waals surface area contributed by atoms with Crippen LogP contribution >= 0.6 is 0 Å².